The summed E-state index contributed by atoms with van der Waals surface area (Å²) in [7, 11) is 3.05. The van der Waals surface area contributed by atoms with Crippen molar-refractivity contribution in [2.45, 2.75) is 0 Å². The molecule has 0 spiro atoms. The molecular weight excluding hydrogens is 345 g/mol. The van der Waals surface area contributed by atoms with Gasteiger partial charge in [0.25, 0.3) is 11.1 Å². The predicted octanol–water partition coefficient (Wildman–Crippen LogP) is 4.08. The van der Waals surface area contributed by atoms with E-state index in [4.69, 9.17) is 9.47 Å². The van der Waals surface area contributed by atoms with Gasteiger partial charge in [0.15, 0.2) is 11.5 Å². The molecule has 3 rings (SSSR count). The summed E-state index contributed by atoms with van der Waals surface area (Å²) in [4.78, 5) is 26.0. The van der Waals surface area contributed by atoms with Gasteiger partial charge in [-0.25, -0.2) is 9.29 Å². The van der Waals surface area contributed by atoms with Gasteiger partial charge in [-0.05, 0) is 59.8 Å². The zero-order chi connectivity index (χ0) is 18.0. The van der Waals surface area contributed by atoms with Crippen LogP contribution in [0, 0.1) is 5.82 Å². The van der Waals surface area contributed by atoms with Crippen LogP contribution in [-0.2, 0) is 4.79 Å². The molecule has 25 heavy (non-hydrogen) atoms. The van der Waals surface area contributed by atoms with Crippen molar-refractivity contribution in [3.63, 3.8) is 0 Å². The fraction of sp³-hybridized carbons (Fsp3) is 0.111. The molecule has 128 valence electrons. The molecule has 0 aliphatic carbocycles. The van der Waals surface area contributed by atoms with Gasteiger partial charge < -0.3 is 9.47 Å². The quantitative estimate of drug-likeness (QED) is 0.770. The van der Waals surface area contributed by atoms with Crippen molar-refractivity contribution < 1.29 is 23.5 Å². The first-order valence-electron chi connectivity index (χ1n) is 7.29. The van der Waals surface area contributed by atoms with Crippen LogP contribution >= 0.6 is 11.8 Å². The Balaban J connectivity index is 1.91. The van der Waals surface area contributed by atoms with Gasteiger partial charge in [0.1, 0.15) is 5.82 Å². The molecule has 1 aliphatic heterocycles. The predicted molar refractivity (Wildman–Crippen MR) is 94.4 cm³/mol. The van der Waals surface area contributed by atoms with Crippen LogP contribution in [-0.4, -0.2) is 25.4 Å². The first kappa shape index (κ1) is 17.0. The first-order valence-corrected chi connectivity index (χ1v) is 8.10. The number of thioether (sulfide) groups is 1. The fourth-order valence-electron chi connectivity index (χ4n) is 2.37. The molecule has 1 saturated heterocycles. The van der Waals surface area contributed by atoms with Crippen LogP contribution in [0.2, 0.25) is 0 Å². The minimum absolute atomic E-state index is 0.279. The van der Waals surface area contributed by atoms with Gasteiger partial charge in [0.05, 0.1) is 24.8 Å². The fourth-order valence-corrected chi connectivity index (χ4v) is 3.22. The molecule has 2 aromatic carbocycles. The van der Waals surface area contributed by atoms with E-state index in [1.807, 2.05) is 0 Å². The maximum atomic E-state index is 13.0. The summed E-state index contributed by atoms with van der Waals surface area (Å²) in [6, 6.07) is 10.4. The van der Waals surface area contributed by atoms with Gasteiger partial charge in [-0.3, -0.25) is 9.59 Å². The number of anilines is 1. The van der Waals surface area contributed by atoms with Crippen molar-refractivity contribution in [3.8, 4) is 11.5 Å². The van der Waals surface area contributed by atoms with Crippen molar-refractivity contribution in [2.75, 3.05) is 19.1 Å². The molecule has 2 amide bonds. The Labute approximate surface area is 148 Å². The van der Waals surface area contributed by atoms with Crippen LogP contribution < -0.4 is 14.4 Å². The standard InChI is InChI=1S/C18H14FNO4S/c1-23-14-8-3-11(9-15(14)24-2)10-16-17(21)20(18(22)25-16)13-6-4-12(19)5-7-13/h3-10H,1-2H3/b16-10-. The maximum Gasteiger partial charge on any atom is 0.298 e. The lowest BCUT2D eigenvalue weighted by atomic mass is 10.2. The molecule has 0 bridgehead atoms. The van der Waals surface area contributed by atoms with Gasteiger partial charge in [-0.15, -0.1) is 0 Å². The van der Waals surface area contributed by atoms with Crippen LogP contribution in [0.25, 0.3) is 6.08 Å². The molecule has 0 N–H and O–H groups in total. The van der Waals surface area contributed by atoms with Crippen molar-refractivity contribution >= 4 is 34.7 Å². The molecule has 5 nitrogen and oxygen atoms in total. The molecule has 1 fully saturated rings. The number of hydrogen-bond donors (Lipinski definition) is 0. The van der Waals surface area contributed by atoms with E-state index in [0.29, 0.717) is 22.7 Å². The highest BCUT2D eigenvalue weighted by atomic mass is 32.2. The topological polar surface area (TPSA) is 55.8 Å². The van der Waals surface area contributed by atoms with E-state index in [0.717, 1.165) is 16.7 Å². The molecule has 0 saturated carbocycles. The van der Waals surface area contributed by atoms with Gasteiger partial charge in [-0.2, -0.15) is 0 Å². The monoisotopic (exact) mass is 359 g/mol. The largest absolute Gasteiger partial charge is 0.493 e. The minimum Gasteiger partial charge on any atom is -0.493 e. The zero-order valence-corrected chi connectivity index (χ0v) is 14.3. The van der Waals surface area contributed by atoms with E-state index in [-0.39, 0.29) is 4.91 Å². The molecule has 0 atom stereocenters. The number of amides is 2. The average Bonchev–Trinajstić information content (AvgIpc) is 2.89. The summed E-state index contributed by atoms with van der Waals surface area (Å²) >= 11 is 0.832. The smallest absolute Gasteiger partial charge is 0.298 e. The number of hydrogen-bond acceptors (Lipinski definition) is 5. The maximum absolute atomic E-state index is 13.0. The number of carbonyl (C=O) groups is 2. The molecule has 0 radical (unpaired) electrons. The second kappa shape index (κ2) is 6.98. The van der Waals surface area contributed by atoms with Crippen LogP contribution in [0.4, 0.5) is 14.9 Å². The second-order valence-electron chi connectivity index (χ2n) is 5.11. The molecule has 1 aliphatic rings. The third-order valence-corrected chi connectivity index (χ3v) is 4.45. The highest BCUT2D eigenvalue weighted by Gasteiger charge is 2.36. The highest BCUT2D eigenvalue weighted by Crippen LogP contribution is 2.36. The van der Waals surface area contributed by atoms with E-state index in [2.05, 4.69) is 0 Å². The number of benzene rings is 2. The Morgan fingerprint density at radius 3 is 2.32 bits per heavy atom. The second-order valence-corrected chi connectivity index (χ2v) is 6.10. The molecular formula is C18H14FNO4S. The number of nitrogens with zero attached hydrogens (tertiary/aromatic N) is 1. The molecule has 7 heteroatoms. The number of halogens is 1. The summed E-state index contributed by atoms with van der Waals surface area (Å²) in [5.41, 5.74) is 1.03. The lowest BCUT2D eigenvalue weighted by molar-refractivity contribution is -0.113. The SMILES string of the molecule is COc1ccc(/C=C2\SC(=O)N(c3ccc(F)cc3)C2=O)cc1OC. The lowest BCUT2D eigenvalue weighted by Crippen LogP contribution is -2.27. The lowest BCUT2D eigenvalue weighted by Gasteiger charge is -2.12. The Kier molecular flexibility index (Phi) is 4.76. The molecule has 0 aromatic heterocycles. The Morgan fingerprint density at radius 1 is 1.00 bits per heavy atom. The van der Waals surface area contributed by atoms with Crippen molar-refractivity contribution in [1.82, 2.24) is 0 Å². The normalized spacial score (nSPS) is 15.8. The number of rotatable bonds is 4. The number of ether oxygens (including phenoxy) is 2. The van der Waals surface area contributed by atoms with E-state index in [9.17, 15) is 14.0 Å². The molecule has 0 unspecified atom stereocenters. The van der Waals surface area contributed by atoms with Crippen LogP contribution in [0.3, 0.4) is 0 Å². The Morgan fingerprint density at radius 2 is 1.68 bits per heavy atom. The van der Waals surface area contributed by atoms with Crippen LogP contribution in [0.5, 0.6) is 11.5 Å². The van der Waals surface area contributed by atoms with E-state index < -0.39 is 17.0 Å². The molecule has 1 heterocycles. The minimum atomic E-state index is -0.448. The Bertz CT molecular complexity index is 864. The van der Waals surface area contributed by atoms with E-state index in [1.165, 1.54) is 38.5 Å². The number of methoxy groups -OCH3 is 2. The van der Waals surface area contributed by atoms with Gasteiger partial charge in [-0.1, -0.05) is 6.07 Å². The van der Waals surface area contributed by atoms with E-state index in [1.54, 1.807) is 24.3 Å². The van der Waals surface area contributed by atoms with Crippen molar-refractivity contribution in [1.29, 1.82) is 0 Å². The first-order chi connectivity index (χ1) is 12.0. The van der Waals surface area contributed by atoms with Crippen LogP contribution in [0.1, 0.15) is 5.56 Å². The van der Waals surface area contributed by atoms with Crippen LogP contribution in [0.15, 0.2) is 47.4 Å². The van der Waals surface area contributed by atoms with E-state index >= 15 is 0 Å². The number of carbonyl (C=O) groups excluding carboxylic acids is 2. The van der Waals surface area contributed by atoms with Crippen molar-refractivity contribution in [2.24, 2.45) is 0 Å². The average molecular weight is 359 g/mol. The third kappa shape index (κ3) is 3.36. The van der Waals surface area contributed by atoms with Gasteiger partial charge in [0, 0.05) is 0 Å². The summed E-state index contributed by atoms with van der Waals surface area (Å²) in [6.45, 7) is 0. The van der Waals surface area contributed by atoms with Gasteiger partial charge in [0.2, 0.25) is 0 Å². The Hall–Kier alpha value is -2.80. The summed E-state index contributed by atoms with van der Waals surface area (Å²) < 4.78 is 23.4. The zero-order valence-electron chi connectivity index (χ0n) is 13.5. The third-order valence-electron chi connectivity index (χ3n) is 3.58. The van der Waals surface area contributed by atoms with Crippen molar-refractivity contribution in [3.05, 3.63) is 58.8 Å². The summed E-state index contributed by atoms with van der Waals surface area (Å²) in [5, 5.41) is -0.427. The summed E-state index contributed by atoms with van der Waals surface area (Å²) in [6.07, 6.45) is 1.61. The number of imide groups is 1. The highest BCUT2D eigenvalue weighted by molar-refractivity contribution is 8.19. The summed E-state index contributed by atoms with van der Waals surface area (Å²) in [5.74, 6) is 0.209. The molecule has 2 aromatic rings. The van der Waals surface area contributed by atoms with Gasteiger partial charge >= 0.3 is 0 Å².